The molecule has 5 heteroatoms. The van der Waals surface area contributed by atoms with Crippen molar-refractivity contribution < 1.29 is 9.53 Å². The molecule has 0 saturated heterocycles. The van der Waals surface area contributed by atoms with E-state index in [1.165, 1.54) is 0 Å². The van der Waals surface area contributed by atoms with Crippen molar-refractivity contribution in [2.75, 3.05) is 18.1 Å². The highest BCUT2D eigenvalue weighted by atomic mass is 35.5. The summed E-state index contributed by atoms with van der Waals surface area (Å²) in [6.07, 6.45) is 4.04. The van der Waals surface area contributed by atoms with E-state index in [2.05, 4.69) is 4.98 Å². The van der Waals surface area contributed by atoms with Crippen LogP contribution in [-0.4, -0.2) is 24.0 Å². The quantitative estimate of drug-likeness (QED) is 0.872. The Kier molecular flexibility index (Phi) is 4.29. The zero-order valence-corrected chi connectivity index (χ0v) is 13.1. The Morgan fingerprint density at radius 2 is 2.14 bits per heavy atom. The monoisotopic (exact) mass is 316 g/mol. The van der Waals surface area contributed by atoms with E-state index in [1.807, 2.05) is 31.2 Å². The Labute approximate surface area is 134 Å². The van der Waals surface area contributed by atoms with Gasteiger partial charge in [0.15, 0.2) is 0 Å². The minimum Gasteiger partial charge on any atom is -0.489 e. The number of carbonyl (C=O) groups is 1. The van der Waals surface area contributed by atoms with E-state index in [0.29, 0.717) is 30.3 Å². The van der Waals surface area contributed by atoms with Crippen molar-refractivity contribution in [1.82, 2.24) is 4.98 Å². The fraction of sp³-hybridized carbons (Fsp3) is 0.294. The van der Waals surface area contributed by atoms with Gasteiger partial charge < -0.3 is 9.64 Å². The van der Waals surface area contributed by atoms with Crippen molar-refractivity contribution in [3.05, 3.63) is 53.3 Å². The van der Waals surface area contributed by atoms with Gasteiger partial charge in [0, 0.05) is 23.2 Å². The SMILES string of the molecule is C[C@H](Cc1ccc(Cl)cc1)C(=O)N1CCOc2ccncc21. The minimum atomic E-state index is -0.118. The molecule has 1 atom stereocenters. The van der Waals surface area contributed by atoms with Gasteiger partial charge in [-0.15, -0.1) is 0 Å². The first-order valence-corrected chi connectivity index (χ1v) is 7.65. The summed E-state index contributed by atoms with van der Waals surface area (Å²) in [5.41, 5.74) is 1.85. The highest BCUT2D eigenvalue weighted by Crippen LogP contribution is 2.31. The van der Waals surface area contributed by atoms with Gasteiger partial charge >= 0.3 is 0 Å². The molecule has 0 aliphatic carbocycles. The molecule has 2 heterocycles. The topological polar surface area (TPSA) is 42.4 Å². The van der Waals surface area contributed by atoms with Crippen LogP contribution in [0.3, 0.4) is 0 Å². The second kappa shape index (κ2) is 6.36. The van der Waals surface area contributed by atoms with Crippen LogP contribution < -0.4 is 9.64 Å². The number of hydrogen-bond donors (Lipinski definition) is 0. The zero-order valence-electron chi connectivity index (χ0n) is 12.3. The molecule has 2 aromatic rings. The average Bonchev–Trinajstić information content (AvgIpc) is 2.55. The van der Waals surface area contributed by atoms with Gasteiger partial charge in [-0.1, -0.05) is 30.7 Å². The Hall–Kier alpha value is -2.07. The summed E-state index contributed by atoms with van der Waals surface area (Å²) in [7, 11) is 0. The van der Waals surface area contributed by atoms with Gasteiger partial charge in [0.25, 0.3) is 0 Å². The van der Waals surface area contributed by atoms with Crippen molar-refractivity contribution in [1.29, 1.82) is 0 Å². The predicted molar refractivity (Wildman–Crippen MR) is 86.4 cm³/mol. The molecule has 114 valence electrons. The minimum absolute atomic E-state index is 0.0903. The van der Waals surface area contributed by atoms with Gasteiger partial charge in [0.2, 0.25) is 5.91 Å². The summed E-state index contributed by atoms with van der Waals surface area (Å²) >= 11 is 5.89. The molecule has 1 amide bonds. The lowest BCUT2D eigenvalue weighted by Gasteiger charge is -2.31. The second-order valence-corrected chi connectivity index (χ2v) is 5.85. The van der Waals surface area contributed by atoms with Crippen LogP contribution in [0.4, 0.5) is 5.69 Å². The first-order chi connectivity index (χ1) is 10.6. The molecule has 0 spiro atoms. The number of rotatable bonds is 3. The van der Waals surface area contributed by atoms with Gasteiger partial charge in [0.05, 0.1) is 12.7 Å². The maximum absolute atomic E-state index is 12.7. The highest BCUT2D eigenvalue weighted by molar-refractivity contribution is 6.30. The molecule has 1 aliphatic rings. The molecule has 3 rings (SSSR count). The first-order valence-electron chi connectivity index (χ1n) is 7.28. The first kappa shape index (κ1) is 14.9. The molecule has 0 N–H and O–H groups in total. The van der Waals surface area contributed by atoms with Crippen LogP contribution in [0.2, 0.25) is 5.02 Å². The molecular weight excluding hydrogens is 300 g/mol. The number of pyridine rings is 1. The van der Waals surface area contributed by atoms with Crippen LogP contribution in [0.5, 0.6) is 5.75 Å². The van der Waals surface area contributed by atoms with Crippen molar-refractivity contribution in [3.63, 3.8) is 0 Å². The number of hydrogen-bond acceptors (Lipinski definition) is 3. The van der Waals surface area contributed by atoms with Crippen molar-refractivity contribution in [3.8, 4) is 5.75 Å². The summed E-state index contributed by atoms with van der Waals surface area (Å²) in [4.78, 5) is 18.6. The molecule has 4 nitrogen and oxygen atoms in total. The highest BCUT2D eigenvalue weighted by Gasteiger charge is 2.27. The van der Waals surface area contributed by atoms with E-state index in [0.717, 1.165) is 11.3 Å². The smallest absolute Gasteiger partial charge is 0.230 e. The van der Waals surface area contributed by atoms with Gasteiger partial charge in [-0.25, -0.2) is 0 Å². The molecule has 0 saturated carbocycles. The van der Waals surface area contributed by atoms with Gasteiger partial charge in [0.1, 0.15) is 18.0 Å². The fourth-order valence-corrected chi connectivity index (χ4v) is 2.75. The standard InChI is InChI=1S/C17H17ClN2O2/c1-12(10-13-2-4-14(18)5-3-13)17(21)20-8-9-22-16-6-7-19-11-15(16)20/h2-7,11-12H,8-10H2,1H3/t12-/m1/s1. The van der Waals surface area contributed by atoms with E-state index in [4.69, 9.17) is 16.3 Å². The van der Waals surface area contributed by atoms with Crippen molar-refractivity contribution >= 4 is 23.2 Å². The van der Waals surface area contributed by atoms with Gasteiger partial charge in [-0.2, -0.15) is 0 Å². The predicted octanol–water partition coefficient (Wildman–Crippen LogP) is 3.34. The lowest BCUT2D eigenvalue weighted by atomic mass is 9.99. The number of fused-ring (bicyclic) bond motifs is 1. The van der Waals surface area contributed by atoms with E-state index in [-0.39, 0.29) is 11.8 Å². The zero-order chi connectivity index (χ0) is 15.5. The summed E-state index contributed by atoms with van der Waals surface area (Å²) in [6.45, 7) is 3.02. The number of halogens is 1. The van der Waals surface area contributed by atoms with Crippen molar-refractivity contribution in [2.45, 2.75) is 13.3 Å². The van der Waals surface area contributed by atoms with Crippen molar-refractivity contribution in [2.24, 2.45) is 5.92 Å². The van der Waals surface area contributed by atoms with Gasteiger partial charge in [-0.3, -0.25) is 9.78 Å². The van der Waals surface area contributed by atoms with E-state index >= 15 is 0 Å². The van der Waals surface area contributed by atoms with Crippen LogP contribution in [-0.2, 0) is 11.2 Å². The molecular formula is C17H17ClN2O2. The summed E-state index contributed by atoms with van der Waals surface area (Å²) in [5, 5.41) is 0.705. The molecule has 0 bridgehead atoms. The maximum atomic E-state index is 12.7. The number of ether oxygens (including phenoxy) is 1. The third-order valence-corrected chi connectivity index (χ3v) is 4.02. The normalized spacial score (nSPS) is 14.9. The summed E-state index contributed by atoms with van der Waals surface area (Å²) in [5.74, 6) is 0.688. The fourth-order valence-electron chi connectivity index (χ4n) is 2.62. The Morgan fingerprint density at radius 1 is 1.36 bits per heavy atom. The lowest BCUT2D eigenvalue weighted by Crippen LogP contribution is -2.41. The van der Waals surface area contributed by atoms with Gasteiger partial charge in [-0.05, 0) is 24.1 Å². The number of amides is 1. The molecule has 0 fully saturated rings. The number of benzene rings is 1. The van der Waals surface area contributed by atoms with Crippen LogP contribution in [0.15, 0.2) is 42.7 Å². The van der Waals surface area contributed by atoms with Crippen LogP contribution in [0, 0.1) is 5.92 Å². The Morgan fingerprint density at radius 3 is 2.91 bits per heavy atom. The molecule has 0 unspecified atom stereocenters. The van der Waals surface area contributed by atoms with E-state index in [1.54, 1.807) is 23.4 Å². The second-order valence-electron chi connectivity index (χ2n) is 5.41. The van der Waals surface area contributed by atoms with E-state index < -0.39 is 0 Å². The molecule has 1 aromatic heterocycles. The third kappa shape index (κ3) is 3.07. The third-order valence-electron chi connectivity index (χ3n) is 3.77. The molecule has 1 aromatic carbocycles. The number of anilines is 1. The van der Waals surface area contributed by atoms with Crippen LogP contribution >= 0.6 is 11.6 Å². The summed E-state index contributed by atoms with van der Waals surface area (Å²) < 4.78 is 5.57. The number of carbonyl (C=O) groups excluding carboxylic acids is 1. The average molecular weight is 317 g/mol. The number of aromatic nitrogens is 1. The number of nitrogens with zero attached hydrogens (tertiary/aromatic N) is 2. The Bertz CT molecular complexity index is 673. The molecule has 22 heavy (non-hydrogen) atoms. The Balaban J connectivity index is 1.75. The largest absolute Gasteiger partial charge is 0.489 e. The maximum Gasteiger partial charge on any atom is 0.230 e. The molecule has 0 radical (unpaired) electrons. The van der Waals surface area contributed by atoms with Crippen LogP contribution in [0.25, 0.3) is 0 Å². The summed E-state index contributed by atoms with van der Waals surface area (Å²) in [6, 6.07) is 9.41. The van der Waals surface area contributed by atoms with E-state index in [9.17, 15) is 4.79 Å². The lowest BCUT2D eigenvalue weighted by molar-refractivity contribution is -0.122. The molecule has 1 aliphatic heterocycles. The van der Waals surface area contributed by atoms with Crippen LogP contribution in [0.1, 0.15) is 12.5 Å².